The van der Waals surface area contributed by atoms with Crippen LogP contribution in [0, 0.1) is 34.6 Å². The Bertz CT molecular complexity index is 948. The molecular weight excluding hydrogens is 360 g/mol. The molecule has 5 nitrogen and oxygen atoms in total. The molecule has 6 heteroatoms. The standard InChI is InChI=1S/C21H28N2O3S/c1-13-14(2)16(4)20(17(5)15(13)3)27(25,26)23(7)12-18-8-10-19(11-9-18)21(24)22-6/h8-11H,12H2,1-7H3,(H,22,24). The van der Waals surface area contributed by atoms with Gasteiger partial charge in [-0.25, -0.2) is 8.42 Å². The minimum Gasteiger partial charge on any atom is -0.355 e. The van der Waals surface area contributed by atoms with Gasteiger partial charge in [0.2, 0.25) is 10.0 Å². The third kappa shape index (κ3) is 3.92. The van der Waals surface area contributed by atoms with Crippen LogP contribution in [0.5, 0.6) is 0 Å². The predicted molar refractivity (Wildman–Crippen MR) is 109 cm³/mol. The molecule has 2 aromatic rings. The zero-order valence-electron chi connectivity index (χ0n) is 17.1. The number of sulfonamides is 1. The van der Waals surface area contributed by atoms with Gasteiger partial charge in [0.15, 0.2) is 0 Å². The van der Waals surface area contributed by atoms with Crippen molar-refractivity contribution >= 4 is 15.9 Å². The zero-order chi connectivity index (χ0) is 20.5. The summed E-state index contributed by atoms with van der Waals surface area (Å²) < 4.78 is 27.9. The van der Waals surface area contributed by atoms with Crippen LogP contribution < -0.4 is 5.32 Å². The minimum atomic E-state index is -3.64. The van der Waals surface area contributed by atoms with Crippen LogP contribution in [0.4, 0.5) is 0 Å². The summed E-state index contributed by atoms with van der Waals surface area (Å²) in [7, 11) is -0.472. The Morgan fingerprint density at radius 1 is 0.889 bits per heavy atom. The van der Waals surface area contributed by atoms with E-state index in [1.165, 1.54) is 4.31 Å². The van der Waals surface area contributed by atoms with Crippen molar-refractivity contribution in [3.63, 3.8) is 0 Å². The maximum atomic E-state index is 13.3. The van der Waals surface area contributed by atoms with Crippen molar-refractivity contribution in [3.05, 3.63) is 63.2 Å². The molecule has 146 valence electrons. The van der Waals surface area contributed by atoms with E-state index >= 15 is 0 Å². The maximum Gasteiger partial charge on any atom is 0.251 e. The van der Waals surface area contributed by atoms with Crippen LogP contribution in [0.15, 0.2) is 29.2 Å². The maximum absolute atomic E-state index is 13.3. The van der Waals surface area contributed by atoms with Crippen LogP contribution >= 0.6 is 0 Å². The molecule has 2 rings (SSSR count). The van der Waals surface area contributed by atoms with E-state index in [4.69, 9.17) is 0 Å². The second-order valence-electron chi connectivity index (χ2n) is 6.99. The number of amides is 1. The highest BCUT2D eigenvalue weighted by Crippen LogP contribution is 2.31. The Morgan fingerprint density at radius 2 is 1.33 bits per heavy atom. The number of hydrogen-bond acceptors (Lipinski definition) is 3. The largest absolute Gasteiger partial charge is 0.355 e. The number of rotatable bonds is 5. The molecule has 0 aromatic heterocycles. The van der Waals surface area contributed by atoms with E-state index in [2.05, 4.69) is 5.32 Å². The number of nitrogens with one attached hydrogen (secondary N) is 1. The summed E-state index contributed by atoms with van der Waals surface area (Å²) in [6.07, 6.45) is 0. The molecule has 0 fully saturated rings. The van der Waals surface area contributed by atoms with E-state index in [0.29, 0.717) is 10.5 Å². The Labute approximate surface area is 162 Å². The summed E-state index contributed by atoms with van der Waals surface area (Å²) in [6.45, 7) is 9.93. The summed E-state index contributed by atoms with van der Waals surface area (Å²) >= 11 is 0. The molecule has 0 bridgehead atoms. The van der Waals surface area contributed by atoms with Crippen molar-refractivity contribution < 1.29 is 13.2 Å². The summed E-state index contributed by atoms with van der Waals surface area (Å²) in [4.78, 5) is 12.0. The first-order valence-corrected chi connectivity index (χ1v) is 10.3. The normalized spacial score (nSPS) is 11.7. The van der Waals surface area contributed by atoms with E-state index in [1.54, 1.807) is 38.4 Å². The van der Waals surface area contributed by atoms with Crippen LogP contribution in [0.2, 0.25) is 0 Å². The van der Waals surface area contributed by atoms with Crippen molar-refractivity contribution in [2.24, 2.45) is 0 Å². The van der Waals surface area contributed by atoms with Gasteiger partial charge in [-0.15, -0.1) is 0 Å². The molecule has 27 heavy (non-hydrogen) atoms. The quantitative estimate of drug-likeness (QED) is 0.854. The number of carbonyl (C=O) groups excluding carboxylic acids is 1. The first kappa shape index (κ1) is 21.1. The molecule has 0 atom stereocenters. The summed E-state index contributed by atoms with van der Waals surface area (Å²) in [5.74, 6) is -0.167. The van der Waals surface area contributed by atoms with Crippen LogP contribution in [-0.4, -0.2) is 32.7 Å². The van der Waals surface area contributed by atoms with Gasteiger partial charge in [0.05, 0.1) is 4.90 Å². The van der Waals surface area contributed by atoms with E-state index in [1.807, 2.05) is 34.6 Å². The van der Waals surface area contributed by atoms with Gasteiger partial charge in [0, 0.05) is 26.2 Å². The van der Waals surface area contributed by atoms with Crippen LogP contribution in [0.1, 0.15) is 43.7 Å². The van der Waals surface area contributed by atoms with Gasteiger partial charge in [0.25, 0.3) is 5.91 Å². The molecule has 2 aromatic carbocycles. The zero-order valence-corrected chi connectivity index (χ0v) is 17.9. The molecule has 1 N–H and O–H groups in total. The molecule has 0 heterocycles. The fraction of sp³-hybridized carbons (Fsp3) is 0.381. The van der Waals surface area contributed by atoms with Gasteiger partial charge in [-0.1, -0.05) is 12.1 Å². The molecule has 0 aliphatic carbocycles. The van der Waals surface area contributed by atoms with Crippen molar-refractivity contribution in [3.8, 4) is 0 Å². The second kappa shape index (κ2) is 7.82. The van der Waals surface area contributed by atoms with Crippen LogP contribution in [-0.2, 0) is 16.6 Å². The molecule has 0 aliphatic heterocycles. The van der Waals surface area contributed by atoms with Gasteiger partial charge in [0.1, 0.15) is 0 Å². The lowest BCUT2D eigenvalue weighted by molar-refractivity contribution is 0.0963. The smallest absolute Gasteiger partial charge is 0.251 e. The number of hydrogen-bond donors (Lipinski definition) is 1. The van der Waals surface area contributed by atoms with Crippen molar-refractivity contribution in [2.75, 3.05) is 14.1 Å². The molecular formula is C21H28N2O3S. The average Bonchev–Trinajstić information content (AvgIpc) is 2.64. The number of benzene rings is 2. The molecule has 0 unspecified atom stereocenters. The minimum absolute atomic E-state index is 0.167. The lowest BCUT2D eigenvalue weighted by Crippen LogP contribution is -2.28. The first-order chi connectivity index (χ1) is 12.5. The summed E-state index contributed by atoms with van der Waals surface area (Å²) in [6, 6.07) is 6.96. The summed E-state index contributed by atoms with van der Waals surface area (Å²) in [5.41, 5.74) is 6.14. The average molecular weight is 389 g/mol. The molecule has 0 saturated carbocycles. The lowest BCUT2D eigenvalue weighted by atomic mass is 9.95. The molecule has 0 radical (unpaired) electrons. The molecule has 0 aliphatic rings. The van der Waals surface area contributed by atoms with Crippen LogP contribution in [0.3, 0.4) is 0 Å². The highest BCUT2D eigenvalue weighted by atomic mass is 32.2. The highest BCUT2D eigenvalue weighted by molar-refractivity contribution is 7.89. The van der Waals surface area contributed by atoms with Crippen molar-refractivity contribution in [1.29, 1.82) is 0 Å². The second-order valence-corrected chi connectivity index (χ2v) is 8.97. The number of carbonyl (C=O) groups is 1. The number of nitrogens with zero attached hydrogens (tertiary/aromatic N) is 1. The van der Waals surface area contributed by atoms with Gasteiger partial charge in [-0.2, -0.15) is 4.31 Å². The van der Waals surface area contributed by atoms with Gasteiger partial charge in [-0.05, 0) is 80.1 Å². The van der Waals surface area contributed by atoms with E-state index in [9.17, 15) is 13.2 Å². The third-order valence-corrected chi connectivity index (χ3v) is 7.53. The Kier molecular flexibility index (Phi) is 6.12. The topological polar surface area (TPSA) is 66.5 Å². The first-order valence-electron chi connectivity index (χ1n) is 8.86. The van der Waals surface area contributed by atoms with Gasteiger partial charge < -0.3 is 5.32 Å². The fourth-order valence-corrected chi connectivity index (χ4v) is 4.97. The summed E-state index contributed by atoms with van der Waals surface area (Å²) in [5, 5.41) is 2.57. The Hall–Kier alpha value is -2.18. The van der Waals surface area contributed by atoms with E-state index in [0.717, 1.165) is 33.4 Å². The Balaban J connectivity index is 2.39. The molecule has 0 saturated heterocycles. The molecule has 1 amide bonds. The van der Waals surface area contributed by atoms with Gasteiger partial charge in [-0.3, -0.25) is 4.79 Å². The third-order valence-electron chi connectivity index (χ3n) is 5.45. The van der Waals surface area contributed by atoms with Gasteiger partial charge >= 0.3 is 0 Å². The van der Waals surface area contributed by atoms with Crippen molar-refractivity contribution in [2.45, 2.75) is 46.1 Å². The van der Waals surface area contributed by atoms with Crippen molar-refractivity contribution in [1.82, 2.24) is 9.62 Å². The van der Waals surface area contributed by atoms with E-state index < -0.39 is 10.0 Å². The molecule has 0 spiro atoms. The fourth-order valence-electron chi connectivity index (χ4n) is 3.26. The highest BCUT2D eigenvalue weighted by Gasteiger charge is 2.27. The van der Waals surface area contributed by atoms with Crippen LogP contribution in [0.25, 0.3) is 0 Å². The SMILES string of the molecule is CNC(=O)c1ccc(CN(C)S(=O)(=O)c2c(C)c(C)c(C)c(C)c2C)cc1. The lowest BCUT2D eigenvalue weighted by Gasteiger charge is -2.23. The van der Waals surface area contributed by atoms with E-state index in [-0.39, 0.29) is 12.5 Å². The monoisotopic (exact) mass is 388 g/mol. The Morgan fingerprint density at radius 3 is 1.78 bits per heavy atom. The predicted octanol–water partition coefficient (Wildman–Crippen LogP) is 3.41.